The lowest BCUT2D eigenvalue weighted by Crippen LogP contribution is -2.08. The molecule has 80 valence electrons. The zero-order valence-corrected chi connectivity index (χ0v) is 9.23. The van der Waals surface area contributed by atoms with Crippen LogP contribution in [0.1, 0.15) is 11.4 Å². The van der Waals surface area contributed by atoms with Gasteiger partial charge in [-0.15, -0.1) is 0 Å². The van der Waals surface area contributed by atoms with Crippen molar-refractivity contribution in [3.8, 4) is 0 Å². The molecule has 0 bridgehead atoms. The first-order valence-electron chi connectivity index (χ1n) is 4.88. The molecule has 5 heteroatoms. The van der Waals surface area contributed by atoms with E-state index in [0.29, 0.717) is 0 Å². The number of hydrogen-bond acceptors (Lipinski definition) is 3. The Morgan fingerprint density at radius 1 is 1.33 bits per heavy atom. The largest absolute Gasteiger partial charge is 0.365 e. The molecule has 2 heterocycles. The molecule has 0 aromatic carbocycles. The van der Waals surface area contributed by atoms with Crippen molar-refractivity contribution in [1.82, 2.24) is 19.6 Å². The Balaban J connectivity index is 2.05. The summed E-state index contributed by atoms with van der Waals surface area (Å²) in [5, 5.41) is 11.7. The zero-order chi connectivity index (χ0) is 10.8. The molecule has 0 aliphatic rings. The maximum atomic E-state index is 4.27. The summed E-state index contributed by atoms with van der Waals surface area (Å²) in [6, 6.07) is 4.02. The van der Waals surface area contributed by atoms with Gasteiger partial charge in [0.15, 0.2) is 0 Å². The highest BCUT2D eigenvalue weighted by molar-refractivity contribution is 5.36. The van der Waals surface area contributed by atoms with Crippen molar-refractivity contribution in [2.75, 3.05) is 5.32 Å². The SMILES string of the molecule is Cc1cc(NCc2ccnn2C)n(C)n1. The van der Waals surface area contributed by atoms with Crippen LogP contribution in [0.3, 0.4) is 0 Å². The second kappa shape index (κ2) is 3.76. The van der Waals surface area contributed by atoms with Crippen molar-refractivity contribution in [3.63, 3.8) is 0 Å². The molecule has 5 nitrogen and oxygen atoms in total. The predicted octanol–water partition coefficient (Wildman–Crippen LogP) is 1.07. The van der Waals surface area contributed by atoms with E-state index in [1.165, 1.54) is 0 Å². The molecular weight excluding hydrogens is 190 g/mol. The van der Waals surface area contributed by atoms with Crippen molar-refractivity contribution in [1.29, 1.82) is 0 Å². The van der Waals surface area contributed by atoms with Gasteiger partial charge < -0.3 is 5.32 Å². The molecule has 2 aromatic rings. The average molecular weight is 205 g/mol. The van der Waals surface area contributed by atoms with Crippen LogP contribution in [0.4, 0.5) is 5.82 Å². The van der Waals surface area contributed by atoms with Crippen molar-refractivity contribution in [2.45, 2.75) is 13.5 Å². The molecule has 0 aliphatic heterocycles. The predicted molar refractivity (Wildman–Crippen MR) is 58.5 cm³/mol. The molecule has 0 radical (unpaired) electrons. The van der Waals surface area contributed by atoms with Crippen LogP contribution in [0.2, 0.25) is 0 Å². The topological polar surface area (TPSA) is 47.7 Å². The second-order valence-electron chi connectivity index (χ2n) is 3.59. The summed E-state index contributed by atoms with van der Waals surface area (Å²) in [5.41, 5.74) is 2.17. The van der Waals surface area contributed by atoms with Gasteiger partial charge in [0.25, 0.3) is 0 Å². The van der Waals surface area contributed by atoms with Crippen LogP contribution >= 0.6 is 0 Å². The number of hydrogen-bond donors (Lipinski definition) is 1. The van der Waals surface area contributed by atoms with E-state index in [-0.39, 0.29) is 0 Å². The van der Waals surface area contributed by atoms with Gasteiger partial charge in [-0.25, -0.2) is 0 Å². The van der Waals surface area contributed by atoms with Gasteiger partial charge in [0.05, 0.1) is 17.9 Å². The van der Waals surface area contributed by atoms with Crippen molar-refractivity contribution in [3.05, 3.63) is 29.7 Å². The van der Waals surface area contributed by atoms with E-state index in [0.717, 1.165) is 23.8 Å². The minimum Gasteiger partial charge on any atom is -0.365 e. The molecule has 0 amide bonds. The molecule has 0 aliphatic carbocycles. The van der Waals surface area contributed by atoms with Crippen molar-refractivity contribution < 1.29 is 0 Å². The summed E-state index contributed by atoms with van der Waals surface area (Å²) in [6.07, 6.45) is 1.80. The first kappa shape index (κ1) is 9.76. The Bertz CT molecular complexity index is 454. The van der Waals surface area contributed by atoms with Crippen molar-refractivity contribution in [2.24, 2.45) is 14.1 Å². The lowest BCUT2D eigenvalue weighted by molar-refractivity contribution is 0.712. The average Bonchev–Trinajstić information content (AvgIpc) is 2.70. The Labute approximate surface area is 88.7 Å². The van der Waals surface area contributed by atoms with E-state index < -0.39 is 0 Å². The maximum absolute atomic E-state index is 4.27. The van der Waals surface area contributed by atoms with Gasteiger partial charge in [0, 0.05) is 26.4 Å². The van der Waals surface area contributed by atoms with Crippen LogP contribution in [-0.2, 0) is 20.6 Å². The summed E-state index contributed by atoms with van der Waals surface area (Å²) in [5.74, 6) is 1.02. The summed E-state index contributed by atoms with van der Waals surface area (Å²) >= 11 is 0. The third-order valence-electron chi connectivity index (χ3n) is 2.38. The number of aryl methyl sites for hydroxylation is 3. The fourth-order valence-electron chi connectivity index (χ4n) is 1.53. The maximum Gasteiger partial charge on any atom is 0.124 e. The molecule has 2 aromatic heterocycles. The number of nitrogens with one attached hydrogen (secondary N) is 1. The summed E-state index contributed by atoms with van der Waals surface area (Å²) in [7, 11) is 3.87. The molecule has 2 rings (SSSR count). The van der Waals surface area contributed by atoms with Gasteiger partial charge >= 0.3 is 0 Å². The Morgan fingerprint density at radius 2 is 2.13 bits per heavy atom. The third kappa shape index (κ3) is 2.01. The number of aromatic nitrogens is 4. The van der Waals surface area contributed by atoms with E-state index in [4.69, 9.17) is 0 Å². The van der Waals surface area contributed by atoms with Gasteiger partial charge in [0.2, 0.25) is 0 Å². The van der Waals surface area contributed by atoms with Crippen LogP contribution in [-0.4, -0.2) is 19.6 Å². The zero-order valence-electron chi connectivity index (χ0n) is 9.23. The second-order valence-corrected chi connectivity index (χ2v) is 3.59. The molecular formula is C10H15N5. The molecule has 0 unspecified atom stereocenters. The van der Waals surface area contributed by atoms with E-state index in [1.807, 2.05) is 42.5 Å². The summed E-state index contributed by atoms with van der Waals surface area (Å²) in [6.45, 7) is 2.74. The lowest BCUT2D eigenvalue weighted by Gasteiger charge is -2.06. The summed E-state index contributed by atoms with van der Waals surface area (Å²) in [4.78, 5) is 0. The fourth-order valence-corrected chi connectivity index (χ4v) is 1.53. The third-order valence-corrected chi connectivity index (χ3v) is 2.38. The van der Waals surface area contributed by atoms with Gasteiger partial charge in [0.1, 0.15) is 5.82 Å². The smallest absolute Gasteiger partial charge is 0.124 e. The van der Waals surface area contributed by atoms with Gasteiger partial charge in [-0.1, -0.05) is 0 Å². The van der Waals surface area contributed by atoms with Gasteiger partial charge in [-0.3, -0.25) is 9.36 Å². The van der Waals surface area contributed by atoms with Crippen molar-refractivity contribution >= 4 is 5.82 Å². The molecule has 0 saturated heterocycles. The monoisotopic (exact) mass is 205 g/mol. The minimum absolute atomic E-state index is 0.759. The number of rotatable bonds is 3. The highest BCUT2D eigenvalue weighted by Crippen LogP contribution is 2.09. The summed E-state index contributed by atoms with van der Waals surface area (Å²) < 4.78 is 3.70. The molecule has 1 N–H and O–H groups in total. The highest BCUT2D eigenvalue weighted by Gasteiger charge is 2.02. The number of anilines is 1. The van der Waals surface area contributed by atoms with Crippen LogP contribution < -0.4 is 5.32 Å². The quantitative estimate of drug-likeness (QED) is 0.815. The Morgan fingerprint density at radius 3 is 2.67 bits per heavy atom. The molecule has 0 saturated carbocycles. The Kier molecular flexibility index (Phi) is 2.45. The number of nitrogens with zero attached hydrogens (tertiary/aromatic N) is 4. The van der Waals surface area contributed by atoms with E-state index in [9.17, 15) is 0 Å². The Hall–Kier alpha value is -1.78. The normalized spacial score (nSPS) is 10.6. The van der Waals surface area contributed by atoms with Crippen LogP contribution in [0.5, 0.6) is 0 Å². The van der Waals surface area contributed by atoms with Crippen LogP contribution in [0.15, 0.2) is 18.3 Å². The van der Waals surface area contributed by atoms with E-state index in [2.05, 4.69) is 15.5 Å². The molecule has 0 atom stereocenters. The standard InChI is InChI=1S/C10H15N5/c1-8-6-10(15(3)13-8)11-7-9-4-5-12-14(9)2/h4-6,11H,7H2,1-3H3. The fraction of sp³-hybridized carbons (Fsp3) is 0.400. The van der Waals surface area contributed by atoms with Crippen LogP contribution in [0, 0.1) is 6.92 Å². The van der Waals surface area contributed by atoms with Crippen LogP contribution in [0.25, 0.3) is 0 Å². The van der Waals surface area contributed by atoms with E-state index >= 15 is 0 Å². The molecule has 15 heavy (non-hydrogen) atoms. The highest BCUT2D eigenvalue weighted by atomic mass is 15.3. The first-order valence-corrected chi connectivity index (χ1v) is 4.88. The lowest BCUT2D eigenvalue weighted by atomic mass is 10.4. The first-order chi connectivity index (χ1) is 7.16. The van der Waals surface area contributed by atoms with Gasteiger partial charge in [-0.05, 0) is 13.0 Å². The molecule has 0 spiro atoms. The van der Waals surface area contributed by atoms with Gasteiger partial charge in [-0.2, -0.15) is 10.2 Å². The minimum atomic E-state index is 0.759. The van der Waals surface area contributed by atoms with E-state index in [1.54, 1.807) is 6.20 Å². The molecule has 0 fully saturated rings.